The number of aryl methyl sites for hydroxylation is 1. The number of hydrogen-bond donors (Lipinski definition) is 1. The largest absolute Gasteiger partial charge is 0.323 e. The summed E-state index contributed by atoms with van der Waals surface area (Å²) in [5.74, 6) is 0.468. The Hall–Kier alpha value is -2.89. The van der Waals surface area contributed by atoms with Crippen LogP contribution in [0.15, 0.2) is 49.2 Å². The highest BCUT2D eigenvalue weighted by atomic mass is 16.2. The predicted molar refractivity (Wildman–Crippen MR) is 88.4 cm³/mol. The van der Waals surface area contributed by atoms with Gasteiger partial charge in [0.1, 0.15) is 5.82 Å². The SMILES string of the molecule is C=CC(=O)Nc1ccc(C(=O)N2c3ccnn3CCC2C)cc1. The number of carbonyl (C=O) groups is 2. The van der Waals surface area contributed by atoms with Crippen molar-refractivity contribution in [1.82, 2.24) is 9.78 Å². The van der Waals surface area contributed by atoms with Crippen molar-refractivity contribution >= 4 is 23.3 Å². The molecule has 118 valence electrons. The molecule has 0 fully saturated rings. The first-order valence-electron chi connectivity index (χ1n) is 7.49. The summed E-state index contributed by atoms with van der Waals surface area (Å²) in [6.45, 7) is 6.26. The summed E-state index contributed by atoms with van der Waals surface area (Å²) in [5, 5.41) is 6.90. The van der Waals surface area contributed by atoms with Crippen molar-refractivity contribution in [2.45, 2.75) is 25.9 Å². The predicted octanol–water partition coefficient (Wildman–Crippen LogP) is 2.45. The molecule has 1 unspecified atom stereocenters. The number of amides is 2. The highest BCUT2D eigenvalue weighted by Crippen LogP contribution is 2.26. The Morgan fingerprint density at radius 3 is 2.74 bits per heavy atom. The van der Waals surface area contributed by atoms with Crippen molar-refractivity contribution in [3.63, 3.8) is 0 Å². The minimum atomic E-state index is -0.280. The third-order valence-corrected chi connectivity index (χ3v) is 3.94. The quantitative estimate of drug-likeness (QED) is 0.886. The summed E-state index contributed by atoms with van der Waals surface area (Å²) >= 11 is 0. The molecule has 0 saturated heterocycles. The van der Waals surface area contributed by atoms with Gasteiger partial charge in [0.2, 0.25) is 5.91 Å². The van der Waals surface area contributed by atoms with Crippen LogP contribution in [0.5, 0.6) is 0 Å². The van der Waals surface area contributed by atoms with Gasteiger partial charge < -0.3 is 5.32 Å². The zero-order valence-electron chi connectivity index (χ0n) is 12.9. The first kappa shape index (κ1) is 15.0. The summed E-state index contributed by atoms with van der Waals surface area (Å²) in [6, 6.07) is 8.81. The molecule has 6 heteroatoms. The third kappa shape index (κ3) is 2.88. The van der Waals surface area contributed by atoms with E-state index in [0.717, 1.165) is 18.8 Å². The highest BCUT2D eigenvalue weighted by Gasteiger charge is 2.29. The molecule has 3 rings (SSSR count). The molecule has 0 bridgehead atoms. The number of nitrogens with zero attached hydrogens (tertiary/aromatic N) is 3. The van der Waals surface area contributed by atoms with Crippen molar-refractivity contribution < 1.29 is 9.59 Å². The van der Waals surface area contributed by atoms with Crippen LogP contribution in [0.3, 0.4) is 0 Å². The second-order valence-electron chi connectivity index (χ2n) is 5.50. The summed E-state index contributed by atoms with van der Waals surface area (Å²) in [7, 11) is 0. The van der Waals surface area contributed by atoms with E-state index in [0.29, 0.717) is 11.3 Å². The van der Waals surface area contributed by atoms with Crippen LogP contribution < -0.4 is 10.2 Å². The lowest BCUT2D eigenvalue weighted by molar-refractivity contribution is -0.111. The van der Waals surface area contributed by atoms with Gasteiger partial charge in [0.25, 0.3) is 5.91 Å². The molecule has 1 N–H and O–H groups in total. The van der Waals surface area contributed by atoms with Gasteiger partial charge in [-0.1, -0.05) is 6.58 Å². The van der Waals surface area contributed by atoms with Crippen LogP contribution in [0.25, 0.3) is 0 Å². The van der Waals surface area contributed by atoms with Gasteiger partial charge in [0, 0.05) is 29.9 Å². The van der Waals surface area contributed by atoms with Crippen LogP contribution in [-0.4, -0.2) is 27.6 Å². The van der Waals surface area contributed by atoms with E-state index in [1.165, 1.54) is 6.08 Å². The molecule has 0 aliphatic carbocycles. The first-order chi connectivity index (χ1) is 11.1. The van der Waals surface area contributed by atoms with Gasteiger partial charge >= 0.3 is 0 Å². The van der Waals surface area contributed by atoms with Crippen molar-refractivity contribution in [1.29, 1.82) is 0 Å². The van der Waals surface area contributed by atoms with Crippen molar-refractivity contribution in [2.75, 3.05) is 10.2 Å². The molecule has 1 aliphatic heterocycles. The van der Waals surface area contributed by atoms with Crippen molar-refractivity contribution in [2.24, 2.45) is 0 Å². The molecule has 2 aromatic rings. The number of carbonyl (C=O) groups excluding carboxylic acids is 2. The third-order valence-electron chi connectivity index (χ3n) is 3.94. The highest BCUT2D eigenvalue weighted by molar-refractivity contribution is 6.06. The number of rotatable bonds is 3. The number of nitrogens with one attached hydrogen (secondary N) is 1. The van der Waals surface area contributed by atoms with E-state index in [1.54, 1.807) is 35.4 Å². The molecule has 2 amide bonds. The molecular weight excluding hydrogens is 292 g/mol. The Morgan fingerprint density at radius 2 is 2.04 bits per heavy atom. The second-order valence-corrected chi connectivity index (χ2v) is 5.50. The standard InChI is InChI=1S/C17H18N4O2/c1-3-15(22)19-14-6-4-13(5-7-14)17(23)21-12(2)9-11-20-16(21)8-10-18-20/h3-8,10,12H,1,9,11H2,2H3,(H,19,22). The minimum Gasteiger partial charge on any atom is -0.323 e. The summed E-state index contributed by atoms with van der Waals surface area (Å²) in [6.07, 6.45) is 3.78. The van der Waals surface area contributed by atoms with E-state index in [1.807, 2.05) is 17.7 Å². The van der Waals surface area contributed by atoms with Gasteiger partial charge in [-0.05, 0) is 43.7 Å². The van der Waals surface area contributed by atoms with Gasteiger partial charge in [-0.2, -0.15) is 5.10 Å². The van der Waals surface area contributed by atoms with Crippen molar-refractivity contribution in [3.05, 3.63) is 54.7 Å². The van der Waals surface area contributed by atoms with Gasteiger partial charge in [-0.3, -0.25) is 14.5 Å². The maximum absolute atomic E-state index is 12.8. The Morgan fingerprint density at radius 1 is 1.30 bits per heavy atom. The van der Waals surface area contributed by atoms with E-state index in [4.69, 9.17) is 0 Å². The maximum Gasteiger partial charge on any atom is 0.259 e. The average Bonchev–Trinajstić information content (AvgIpc) is 3.03. The lowest BCUT2D eigenvalue weighted by Gasteiger charge is -2.33. The molecule has 0 spiro atoms. The summed E-state index contributed by atoms with van der Waals surface area (Å²) in [4.78, 5) is 25.9. The maximum atomic E-state index is 12.8. The lowest BCUT2D eigenvalue weighted by Crippen LogP contribution is -2.43. The van der Waals surface area contributed by atoms with Gasteiger partial charge in [0.15, 0.2) is 0 Å². The van der Waals surface area contributed by atoms with Crippen LogP contribution in [0, 0.1) is 0 Å². The Balaban J connectivity index is 1.83. The van der Waals surface area contributed by atoms with Crippen LogP contribution in [0.1, 0.15) is 23.7 Å². The summed E-state index contributed by atoms with van der Waals surface area (Å²) in [5.41, 5.74) is 1.20. The zero-order chi connectivity index (χ0) is 16.4. The number of aromatic nitrogens is 2. The number of anilines is 2. The zero-order valence-corrected chi connectivity index (χ0v) is 12.9. The topological polar surface area (TPSA) is 67.2 Å². The van der Waals surface area contributed by atoms with E-state index in [-0.39, 0.29) is 17.9 Å². The fraction of sp³-hybridized carbons (Fsp3) is 0.235. The van der Waals surface area contributed by atoms with Gasteiger partial charge in [-0.25, -0.2) is 4.68 Å². The second kappa shape index (κ2) is 6.08. The van der Waals surface area contributed by atoms with Crippen LogP contribution in [-0.2, 0) is 11.3 Å². The number of hydrogen-bond acceptors (Lipinski definition) is 3. The van der Waals surface area contributed by atoms with E-state index in [2.05, 4.69) is 17.0 Å². The molecule has 6 nitrogen and oxygen atoms in total. The number of fused-ring (bicyclic) bond motifs is 1. The molecule has 0 saturated carbocycles. The Bertz CT molecular complexity index is 748. The van der Waals surface area contributed by atoms with Gasteiger partial charge in [-0.15, -0.1) is 0 Å². The molecule has 1 aromatic heterocycles. The van der Waals surface area contributed by atoms with E-state index < -0.39 is 0 Å². The molecular formula is C17H18N4O2. The lowest BCUT2D eigenvalue weighted by atomic mass is 10.1. The van der Waals surface area contributed by atoms with Crippen LogP contribution >= 0.6 is 0 Å². The number of benzene rings is 1. The van der Waals surface area contributed by atoms with Crippen molar-refractivity contribution in [3.8, 4) is 0 Å². The molecule has 1 atom stereocenters. The first-order valence-corrected chi connectivity index (χ1v) is 7.49. The monoisotopic (exact) mass is 310 g/mol. The van der Waals surface area contributed by atoms with Crippen LogP contribution in [0.2, 0.25) is 0 Å². The normalized spacial score (nSPS) is 16.6. The fourth-order valence-electron chi connectivity index (χ4n) is 2.70. The molecule has 2 heterocycles. The fourth-order valence-corrected chi connectivity index (χ4v) is 2.70. The van der Waals surface area contributed by atoms with E-state index in [9.17, 15) is 9.59 Å². The average molecular weight is 310 g/mol. The molecule has 23 heavy (non-hydrogen) atoms. The Kier molecular flexibility index (Phi) is 3.97. The van der Waals surface area contributed by atoms with Crippen LogP contribution in [0.4, 0.5) is 11.5 Å². The molecule has 1 aromatic carbocycles. The van der Waals surface area contributed by atoms with Gasteiger partial charge in [0.05, 0.1) is 6.20 Å². The van der Waals surface area contributed by atoms with E-state index >= 15 is 0 Å². The minimum absolute atomic E-state index is 0.0689. The summed E-state index contributed by atoms with van der Waals surface area (Å²) < 4.78 is 1.84. The molecule has 0 radical (unpaired) electrons. The Labute approximate surface area is 134 Å². The molecule has 1 aliphatic rings. The smallest absolute Gasteiger partial charge is 0.259 e.